The minimum Gasteiger partial charge on any atom is -0.462 e. The Balaban J connectivity index is 1.20. The van der Waals surface area contributed by atoms with Crippen LogP contribution in [0.4, 0.5) is 0 Å². The Morgan fingerprint density at radius 3 is 2.12 bits per heavy atom. The van der Waals surface area contributed by atoms with Gasteiger partial charge in [0.2, 0.25) is 0 Å². The maximum Gasteiger partial charge on any atom is 0.322 e. The fourth-order valence-corrected chi connectivity index (χ4v) is 6.55. The number of unbranched alkanes of at least 4 members (excludes halogenated alkanes) is 9. The molecule has 0 radical (unpaired) electrons. The van der Waals surface area contributed by atoms with E-state index in [0.717, 1.165) is 43.4 Å². The summed E-state index contributed by atoms with van der Waals surface area (Å²) in [6.07, 6.45) is 14.6. The zero-order valence-corrected chi connectivity index (χ0v) is 21.5. The van der Waals surface area contributed by atoms with E-state index in [9.17, 15) is 14.7 Å². The second-order valence-electron chi connectivity index (χ2n) is 10.0. The molecule has 2 heterocycles. The van der Waals surface area contributed by atoms with Gasteiger partial charge in [-0.2, -0.15) is 0 Å². The third kappa shape index (κ3) is 8.60. The van der Waals surface area contributed by atoms with Crippen molar-refractivity contribution in [3.8, 4) is 0 Å². The molecule has 2 aliphatic heterocycles. The molecule has 0 aromatic heterocycles. The number of esters is 2. The van der Waals surface area contributed by atoms with Crippen LogP contribution in [0.2, 0.25) is 0 Å². The highest BCUT2D eigenvalue weighted by atomic mass is 32.2. The molecule has 1 aromatic carbocycles. The molecule has 1 aromatic rings. The minimum atomic E-state index is -0.494. The number of aliphatic hydroxyl groups is 1. The third-order valence-corrected chi connectivity index (χ3v) is 8.47. The molecule has 2 saturated heterocycles. The van der Waals surface area contributed by atoms with Gasteiger partial charge in [-0.05, 0) is 38.3 Å². The summed E-state index contributed by atoms with van der Waals surface area (Å²) in [6.45, 7) is 2.00. The molecule has 4 atom stereocenters. The number of benzene rings is 1. The molecule has 0 bridgehead atoms. The fourth-order valence-electron chi connectivity index (χ4n) is 5.11. The Bertz CT molecular complexity index is 754. The van der Waals surface area contributed by atoms with Crippen molar-refractivity contribution in [1.29, 1.82) is 0 Å². The molecular formula is C28H42O5S. The number of hydrogen-bond acceptors (Lipinski definition) is 6. The first kappa shape index (κ1) is 27.1. The normalized spacial score (nSPS) is 25.4. The standard InChI is InChI=1S/C28H42O5S/c1-22-21-28(27(31)32-22,34-23-15-11-10-12-16-23)20-14-9-7-5-3-2-4-6-8-13-17-24(29)25-18-19-26(30)33-25/h10-12,15-16,22,24-25,29H,2-9,13-14,17-21H2,1H3/t22-,24+,25+,28?/m1/s1. The highest BCUT2D eigenvalue weighted by Crippen LogP contribution is 2.45. The molecule has 0 aliphatic carbocycles. The van der Waals surface area contributed by atoms with Gasteiger partial charge in [0.05, 0.1) is 6.10 Å². The molecule has 0 spiro atoms. The van der Waals surface area contributed by atoms with Crippen LogP contribution in [0.25, 0.3) is 0 Å². The number of rotatable bonds is 16. The second-order valence-corrected chi connectivity index (χ2v) is 11.5. The molecule has 1 N–H and O–H groups in total. The van der Waals surface area contributed by atoms with Gasteiger partial charge in [-0.3, -0.25) is 9.59 Å². The average Bonchev–Trinajstić information content (AvgIpc) is 3.37. The lowest BCUT2D eigenvalue weighted by atomic mass is 9.96. The van der Waals surface area contributed by atoms with E-state index in [1.807, 2.05) is 25.1 Å². The molecule has 34 heavy (non-hydrogen) atoms. The van der Waals surface area contributed by atoms with Crippen LogP contribution in [0.5, 0.6) is 0 Å². The first-order valence-corrected chi connectivity index (χ1v) is 14.1. The Morgan fingerprint density at radius 2 is 1.56 bits per heavy atom. The highest BCUT2D eigenvalue weighted by molar-refractivity contribution is 8.01. The van der Waals surface area contributed by atoms with E-state index >= 15 is 0 Å². The van der Waals surface area contributed by atoms with Crippen molar-refractivity contribution in [2.75, 3.05) is 0 Å². The number of carbonyl (C=O) groups excluding carboxylic acids is 2. The first-order valence-electron chi connectivity index (χ1n) is 13.3. The van der Waals surface area contributed by atoms with Gasteiger partial charge >= 0.3 is 11.9 Å². The lowest BCUT2D eigenvalue weighted by molar-refractivity contribution is -0.145. The summed E-state index contributed by atoms with van der Waals surface area (Å²) in [7, 11) is 0. The van der Waals surface area contributed by atoms with E-state index in [0.29, 0.717) is 12.8 Å². The van der Waals surface area contributed by atoms with Crippen LogP contribution in [0, 0.1) is 0 Å². The van der Waals surface area contributed by atoms with Crippen LogP contribution >= 0.6 is 11.8 Å². The van der Waals surface area contributed by atoms with Gasteiger partial charge in [0, 0.05) is 17.7 Å². The van der Waals surface area contributed by atoms with Crippen LogP contribution in [0.1, 0.15) is 103 Å². The van der Waals surface area contributed by atoms with E-state index in [-0.39, 0.29) is 24.1 Å². The summed E-state index contributed by atoms with van der Waals surface area (Å²) >= 11 is 1.69. The summed E-state index contributed by atoms with van der Waals surface area (Å²) < 4.78 is 10.3. The Kier molecular flexibility index (Phi) is 11.2. The van der Waals surface area contributed by atoms with Crippen molar-refractivity contribution in [3.63, 3.8) is 0 Å². The van der Waals surface area contributed by atoms with Gasteiger partial charge in [-0.15, -0.1) is 11.8 Å². The maximum absolute atomic E-state index is 12.7. The van der Waals surface area contributed by atoms with Crippen molar-refractivity contribution in [3.05, 3.63) is 30.3 Å². The van der Waals surface area contributed by atoms with Gasteiger partial charge in [-0.1, -0.05) is 82.4 Å². The van der Waals surface area contributed by atoms with Gasteiger partial charge in [0.25, 0.3) is 0 Å². The van der Waals surface area contributed by atoms with Crippen LogP contribution in [0.15, 0.2) is 35.2 Å². The van der Waals surface area contributed by atoms with Gasteiger partial charge < -0.3 is 14.6 Å². The SMILES string of the molecule is C[C@@H]1CC(CCCCCCCCCCCC[C@H](O)[C@@H]2CCC(=O)O2)(Sc2ccccc2)C(=O)O1. The van der Waals surface area contributed by atoms with Gasteiger partial charge in [0.1, 0.15) is 17.0 Å². The van der Waals surface area contributed by atoms with E-state index in [1.54, 1.807) is 11.8 Å². The zero-order chi connectivity index (χ0) is 24.2. The Morgan fingerprint density at radius 1 is 0.941 bits per heavy atom. The zero-order valence-electron chi connectivity index (χ0n) is 20.7. The summed E-state index contributed by atoms with van der Waals surface area (Å²) in [5.41, 5.74) is 0. The van der Waals surface area contributed by atoms with E-state index < -0.39 is 10.9 Å². The number of carbonyl (C=O) groups is 2. The summed E-state index contributed by atoms with van der Waals surface area (Å²) in [5, 5.41) is 10.1. The van der Waals surface area contributed by atoms with Crippen molar-refractivity contribution >= 4 is 23.7 Å². The number of aliphatic hydroxyl groups excluding tert-OH is 1. The van der Waals surface area contributed by atoms with Crippen molar-refractivity contribution < 1.29 is 24.2 Å². The predicted molar refractivity (Wildman–Crippen MR) is 136 cm³/mol. The van der Waals surface area contributed by atoms with Crippen LogP contribution < -0.4 is 0 Å². The van der Waals surface area contributed by atoms with Gasteiger partial charge in [-0.25, -0.2) is 0 Å². The van der Waals surface area contributed by atoms with Crippen LogP contribution in [0.3, 0.4) is 0 Å². The average molecular weight is 491 g/mol. The van der Waals surface area contributed by atoms with Crippen LogP contribution in [-0.4, -0.2) is 40.1 Å². The lowest BCUT2D eigenvalue weighted by Crippen LogP contribution is -2.30. The molecule has 2 fully saturated rings. The van der Waals surface area contributed by atoms with E-state index in [4.69, 9.17) is 9.47 Å². The van der Waals surface area contributed by atoms with Crippen molar-refractivity contribution in [2.45, 2.75) is 131 Å². The summed E-state index contributed by atoms with van der Waals surface area (Å²) in [5.74, 6) is -0.212. The molecule has 0 amide bonds. The molecule has 0 saturated carbocycles. The summed E-state index contributed by atoms with van der Waals surface area (Å²) in [4.78, 5) is 24.9. The molecule has 1 unspecified atom stereocenters. The third-order valence-electron chi connectivity index (χ3n) is 7.03. The quantitative estimate of drug-likeness (QED) is 0.208. The first-order chi connectivity index (χ1) is 16.5. The Labute approximate surface area is 209 Å². The highest BCUT2D eigenvalue weighted by Gasteiger charge is 2.48. The number of ether oxygens (including phenoxy) is 2. The number of cyclic esters (lactones) is 2. The van der Waals surface area contributed by atoms with E-state index in [1.165, 1.54) is 44.9 Å². The maximum atomic E-state index is 12.7. The molecule has 5 nitrogen and oxygen atoms in total. The smallest absolute Gasteiger partial charge is 0.322 e. The lowest BCUT2D eigenvalue weighted by Gasteiger charge is -2.24. The van der Waals surface area contributed by atoms with Crippen LogP contribution in [-0.2, 0) is 19.1 Å². The second kappa shape index (κ2) is 14.1. The fraction of sp³-hybridized carbons (Fsp3) is 0.714. The molecule has 190 valence electrons. The number of hydrogen-bond donors (Lipinski definition) is 1. The predicted octanol–water partition coefficient (Wildman–Crippen LogP) is 6.60. The van der Waals surface area contributed by atoms with E-state index in [2.05, 4.69) is 12.1 Å². The largest absolute Gasteiger partial charge is 0.462 e. The molecular weight excluding hydrogens is 448 g/mol. The molecule has 2 aliphatic rings. The number of thioether (sulfide) groups is 1. The summed E-state index contributed by atoms with van der Waals surface area (Å²) in [6, 6.07) is 10.2. The minimum absolute atomic E-state index is 0.00669. The molecule has 6 heteroatoms. The molecule has 3 rings (SSSR count). The Hall–Kier alpha value is -1.53. The monoisotopic (exact) mass is 490 g/mol. The topological polar surface area (TPSA) is 72.8 Å². The van der Waals surface area contributed by atoms with Crippen molar-refractivity contribution in [1.82, 2.24) is 0 Å². The van der Waals surface area contributed by atoms with Crippen molar-refractivity contribution in [2.24, 2.45) is 0 Å². The van der Waals surface area contributed by atoms with Gasteiger partial charge in [0.15, 0.2) is 0 Å².